The van der Waals surface area contributed by atoms with Crippen molar-refractivity contribution in [2.24, 2.45) is 12.1 Å². The number of fused-ring (bicyclic) bond motifs is 1. The van der Waals surface area contributed by atoms with Crippen molar-refractivity contribution in [3.63, 3.8) is 0 Å². The summed E-state index contributed by atoms with van der Waals surface area (Å²) in [4.78, 5) is 31.1. The first-order valence-corrected chi connectivity index (χ1v) is 10.3. The summed E-state index contributed by atoms with van der Waals surface area (Å²) in [6.07, 6.45) is 0.552. The van der Waals surface area contributed by atoms with Crippen LogP contribution in [0.15, 0.2) is 32.9 Å². The molecule has 3 aromatic rings. The normalized spacial score (nSPS) is 12.6. The van der Waals surface area contributed by atoms with Crippen LogP contribution >= 0.6 is 0 Å². The third kappa shape index (κ3) is 5.41. The molecule has 0 aliphatic carbocycles. The van der Waals surface area contributed by atoms with Gasteiger partial charge >= 0.3 is 5.69 Å². The maximum atomic E-state index is 12.5. The van der Waals surface area contributed by atoms with Crippen LogP contribution in [0, 0.1) is 0 Å². The quantitative estimate of drug-likeness (QED) is 0.296. The zero-order valence-electron chi connectivity index (χ0n) is 19.2. The van der Waals surface area contributed by atoms with E-state index in [1.165, 1.54) is 29.5 Å². The molecule has 178 valence electrons. The number of rotatable bonds is 10. The Labute approximate surface area is 189 Å². The fraction of sp³-hybridized carbons (Fsp3) is 0.429. The van der Waals surface area contributed by atoms with Gasteiger partial charge in [-0.3, -0.25) is 14.3 Å². The number of imidazole rings is 1. The lowest BCUT2D eigenvalue weighted by Gasteiger charge is -2.15. The molecule has 2 heterocycles. The predicted molar refractivity (Wildman–Crippen MR) is 123 cm³/mol. The highest BCUT2D eigenvalue weighted by atomic mass is 16.5. The molecule has 12 heteroatoms. The van der Waals surface area contributed by atoms with Crippen LogP contribution in [0.4, 0.5) is 5.95 Å². The molecule has 2 aromatic heterocycles. The molecule has 1 aromatic carbocycles. The number of anilines is 1. The number of aromatic amines is 1. The molecular formula is C21H28N6O6. The summed E-state index contributed by atoms with van der Waals surface area (Å²) in [6.45, 7) is 3.78. The fourth-order valence-electron chi connectivity index (χ4n) is 3.16. The monoisotopic (exact) mass is 460 g/mol. The standard InChI is InChI=1S/C21H28N6O6/c1-12(2)33-11-14(28)10-27-17-18(26(3)21(30)24-19(17)29)23-20(27)25-22-9-13-6-7-15(31-4)16(8-13)32-5/h6-9,12,14,28H,10-11H2,1-5H3,(H,23,25)(H,24,29,30)/b22-9-. The summed E-state index contributed by atoms with van der Waals surface area (Å²) in [7, 11) is 4.58. The van der Waals surface area contributed by atoms with E-state index in [1.807, 2.05) is 13.8 Å². The lowest BCUT2D eigenvalue weighted by Crippen LogP contribution is -2.30. The van der Waals surface area contributed by atoms with Crippen molar-refractivity contribution in [1.29, 1.82) is 0 Å². The van der Waals surface area contributed by atoms with Gasteiger partial charge in [0.1, 0.15) is 0 Å². The molecule has 1 atom stereocenters. The van der Waals surface area contributed by atoms with Gasteiger partial charge in [0.15, 0.2) is 22.7 Å². The van der Waals surface area contributed by atoms with E-state index in [1.54, 1.807) is 25.3 Å². The zero-order valence-corrected chi connectivity index (χ0v) is 19.2. The van der Waals surface area contributed by atoms with Crippen molar-refractivity contribution in [2.75, 3.05) is 26.3 Å². The Balaban J connectivity index is 1.95. The third-order valence-electron chi connectivity index (χ3n) is 4.81. The van der Waals surface area contributed by atoms with E-state index in [2.05, 4.69) is 20.5 Å². The molecule has 1 unspecified atom stereocenters. The smallest absolute Gasteiger partial charge is 0.329 e. The van der Waals surface area contributed by atoms with Gasteiger partial charge in [0.2, 0.25) is 5.95 Å². The first-order valence-electron chi connectivity index (χ1n) is 10.3. The third-order valence-corrected chi connectivity index (χ3v) is 4.81. The lowest BCUT2D eigenvalue weighted by atomic mass is 10.2. The van der Waals surface area contributed by atoms with Gasteiger partial charge < -0.3 is 23.9 Å². The number of H-pyrrole nitrogens is 1. The molecule has 12 nitrogen and oxygen atoms in total. The molecule has 33 heavy (non-hydrogen) atoms. The zero-order chi connectivity index (χ0) is 24.1. The van der Waals surface area contributed by atoms with Crippen molar-refractivity contribution >= 4 is 23.3 Å². The van der Waals surface area contributed by atoms with E-state index in [4.69, 9.17) is 14.2 Å². The number of hydrogen-bond acceptors (Lipinski definition) is 9. The minimum absolute atomic E-state index is 0.00127. The molecule has 0 amide bonds. The minimum Gasteiger partial charge on any atom is -0.493 e. The minimum atomic E-state index is -0.920. The van der Waals surface area contributed by atoms with E-state index in [-0.39, 0.29) is 36.4 Å². The number of aliphatic hydroxyl groups excluding tert-OH is 1. The number of aryl methyl sites for hydroxylation is 1. The highest BCUT2D eigenvalue weighted by molar-refractivity contribution is 5.81. The molecule has 0 aliphatic heterocycles. The number of aromatic nitrogens is 4. The average molecular weight is 460 g/mol. The van der Waals surface area contributed by atoms with Gasteiger partial charge in [0.25, 0.3) is 5.56 Å². The number of benzene rings is 1. The van der Waals surface area contributed by atoms with Crippen molar-refractivity contribution in [2.45, 2.75) is 32.6 Å². The van der Waals surface area contributed by atoms with E-state index < -0.39 is 17.4 Å². The highest BCUT2D eigenvalue weighted by Crippen LogP contribution is 2.27. The largest absolute Gasteiger partial charge is 0.493 e. The van der Waals surface area contributed by atoms with E-state index in [0.29, 0.717) is 11.5 Å². The highest BCUT2D eigenvalue weighted by Gasteiger charge is 2.20. The van der Waals surface area contributed by atoms with E-state index >= 15 is 0 Å². The van der Waals surface area contributed by atoms with Gasteiger partial charge in [-0.25, -0.2) is 10.2 Å². The molecule has 0 saturated heterocycles. The van der Waals surface area contributed by atoms with Gasteiger partial charge in [0, 0.05) is 7.05 Å². The van der Waals surface area contributed by atoms with Gasteiger partial charge in [-0.15, -0.1) is 0 Å². The summed E-state index contributed by atoms with van der Waals surface area (Å²) in [5, 5.41) is 14.6. The Kier molecular flexibility index (Phi) is 7.51. The Morgan fingerprint density at radius 2 is 1.97 bits per heavy atom. The molecule has 0 fully saturated rings. The van der Waals surface area contributed by atoms with Crippen LogP contribution in [0.1, 0.15) is 19.4 Å². The van der Waals surface area contributed by atoms with Crippen LogP contribution in [0.5, 0.6) is 11.5 Å². The molecule has 3 rings (SSSR count). The number of methoxy groups -OCH3 is 2. The van der Waals surface area contributed by atoms with Crippen molar-refractivity contribution in [3.8, 4) is 11.5 Å². The second kappa shape index (κ2) is 10.3. The summed E-state index contributed by atoms with van der Waals surface area (Å²) in [5.74, 6) is 1.31. The van der Waals surface area contributed by atoms with Crippen LogP contribution < -0.4 is 26.1 Å². The average Bonchev–Trinajstić information content (AvgIpc) is 3.14. The van der Waals surface area contributed by atoms with Crippen molar-refractivity contribution < 1.29 is 19.3 Å². The number of nitrogens with one attached hydrogen (secondary N) is 2. The second-order valence-electron chi connectivity index (χ2n) is 7.56. The molecule has 3 N–H and O–H groups in total. The van der Waals surface area contributed by atoms with Gasteiger partial charge in [-0.2, -0.15) is 10.1 Å². The second-order valence-corrected chi connectivity index (χ2v) is 7.56. The summed E-state index contributed by atoms with van der Waals surface area (Å²) in [5.41, 5.74) is 2.59. The van der Waals surface area contributed by atoms with Gasteiger partial charge in [-0.1, -0.05) is 0 Å². The summed E-state index contributed by atoms with van der Waals surface area (Å²) >= 11 is 0. The lowest BCUT2D eigenvalue weighted by molar-refractivity contribution is -0.000105. The Hall–Kier alpha value is -3.64. The number of hydrazone groups is 1. The summed E-state index contributed by atoms with van der Waals surface area (Å²) in [6, 6.07) is 5.28. The van der Waals surface area contributed by atoms with E-state index in [9.17, 15) is 14.7 Å². The SMILES string of the molecule is COc1ccc(/C=N\Nc2nc3c(c(=O)[nH]c(=O)n3C)n2CC(O)COC(C)C)cc1OC. The maximum Gasteiger partial charge on any atom is 0.329 e. The molecule has 0 radical (unpaired) electrons. The predicted octanol–water partition coefficient (Wildman–Crippen LogP) is 0.672. The Morgan fingerprint density at radius 3 is 2.64 bits per heavy atom. The fourth-order valence-corrected chi connectivity index (χ4v) is 3.16. The number of hydrogen-bond donors (Lipinski definition) is 3. The van der Waals surface area contributed by atoms with E-state index in [0.717, 1.165) is 5.56 Å². The number of ether oxygens (including phenoxy) is 3. The van der Waals surface area contributed by atoms with Crippen LogP contribution in [0.3, 0.4) is 0 Å². The van der Waals surface area contributed by atoms with Crippen molar-refractivity contribution in [1.82, 2.24) is 19.1 Å². The van der Waals surface area contributed by atoms with Gasteiger partial charge in [0.05, 0.1) is 45.8 Å². The number of nitrogens with zero attached hydrogens (tertiary/aromatic N) is 4. The molecule has 0 bridgehead atoms. The Bertz CT molecular complexity index is 1260. The van der Waals surface area contributed by atoms with Crippen LogP contribution in [0.25, 0.3) is 11.2 Å². The summed E-state index contributed by atoms with van der Waals surface area (Å²) < 4.78 is 18.7. The number of aliphatic hydroxyl groups is 1. The maximum absolute atomic E-state index is 12.5. The van der Waals surface area contributed by atoms with Crippen LogP contribution in [-0.2, 0) is 18.3 Å². The molecular weight excluding hydrogens is 432 g/mol. The van der Waals surface area contributed by atoms with Crippen LogP contribution in [-0.4, -0.2) is 63.5 Å². The molecule has 0 aliphatic rings. The first-order chi connectivity index (χ1) is 15.7. The topological polar surface area (TPSA) is 145 Å². The first kappa shape index (κ1) is 24.0. The molecule has 0 spiro atoms. The van der Waals surface area contributed by atoms with Crippen LogP contribution in [0.2, 0.25) is 0 Å². The Morgan fingerprint density at radius 1 is 1.24 bits per heavy atom. The molecule has 0 saturated carbocycles. The van der Waals surface area contributed by atoms with Crippen molar-refractivity contribution in [3.05, 3.63) is 44.6 Å². The van der Waals surface area contributed by atoms with Gasteiger partial charge in [-0.05, 0) is 37.6 Å².